The molecule has 0 saturated carbocycles. The molecule has 0 fully saturated rings. The van der Waals surface area contributed by atoms with Gasteiger partial charge in [-0.1, -0.05) is 12.2 Å². The number of rotatable bonds is 6. The zero-order valence-electron chi connectivity index (χ0n) is 10.4. The predicted molar refractivity (Wildman–Crippen MR) is 70.6 cm³/mol. The van der Waals surface area contributed by atoms with Gasteiger partial charge in [0.2, 0.25) is 0 Å². The fourth-order valence-corrected chi connectivity index (χ4v) is 1.71. The molecule has 0 bridgehead atoms. The molecule has 2 nitrogen and oxygen atoms in total. The Kier molecular flexibility index (Phi) is 5.67. The lowest BCUT2D eigenvalue weighted by Gasteiger charge is -2.10. The highest BCUT2D eigenvalue weighted by Crippen LogP contribution is 2.23. The molecule has 0 aliphatic heterocycles. The van der Waals surface area contributed by atoms with Crippen molar-refractivity contribution < 1.29 is 22.0 Å². The molecule has 0 aromatic heterocycles. The van der Waals surface area contributed by atoms with E-state index >= 15 is 0 Å². The van der Waals surface area contributed by atoms with E-state index in [9.17, 15) is 22.0 Å². The van der Waals surface area contributed by atoms with Gasteiger partial charge in [-0.2, -0.15) is 13.2 Å². The second kappa shape index (κ2) is 6.83. The third-order valence-corrected chi connectivity index (χ3v) is 2.77. The number of anilines is 1. The molecule has 0 unspecified atom stereocenters. The van der Waals surface area contributed by atoms with Crippen LogP contribution in [-0.4, -0.2) is 17.7 Å². The predicted octanol–water partition coefficient (Wildman–Crippen LogP) is 3.74. The molecule has 0 amide bonds. The van der Waals surface area contributed by atoms with Crippen LogP contribution in [0.3, 0.4) is 0 Å². The molecule has 0 radical (unpaired) electrons. The van der Waals surface area contributed by atoms with Gasteiger partial charge in [0.15, 0.2) is 11.6 Å². The summed E-state index contributed by atoms with van der Waals surface area (Å²) in [6, 6.07) is 2.47. The lowest BCUT2D eigenvalue weighted by atomic mass is 10.1. The maximum Gasteiger partial charge on any atom is 0.389 e. The van der Waals surface area contributed by atoms with E-state index in [1.165, 1.54) is 12.1 Å². The summed E-state index contributed by atoms with van der Waals surface area (Å²) < 4.78 is 62.8. The van der Waals surface area contributed by atoms with Gasteiger partial charge in [-0.25, -0.2) is 8.78 Å². The molecule has 20 heavy (non-hydrogen) atoms. The van der Waals surface area contributed by atoms with Crippen LogP contribution in [0, 0.1) is 11.6 Å². The Labute approximate surface area is 118 Å². The monoisotopic (exact) mass is 312 g/mol. The van der Waals surface area contributed by atoms with Crippen molar-refractivity contribution in [3.05, 3.63) is 29.3 Å². The van der Waals surface area contributed by atoms with Crippen molar-refractivity contribution in [2.45, 2.75) is 25.4 Å². The summed E-state index contributed by atoms with van der Waals surface area (Å²) in [6.07, 6.45) is -4.98. The molecule has 0 heterocycles. The van der Waals surface area contributed by atoms with E-state index < -0.39 is 24.2 Å². The molecule has 0 aliphatic carbocycles. The summed E-state index contributed by atoms with van der Waals surface area (Å²) in [6.45, 7) is 0.110. The number of unbranched alkanes of at least 4 members (excludes halogenated alkanes) is 1. The van der Waals surface area contributed by atoms with E-state index in [-0.39, 0.29) is 35.6 Å². The van der Waals surface area contributed by atoms with Crippen molar-refractivity contribution in [2.75, 3.05) is 11.9 Å². The van der Waals surface area contributed by atoms with Crippen LogP contribution in [0.1, 0.15) is 24.8 Å². The van der Waals surface area contributed by atoms with Crippen molar-refractivity contribution in [3.63, 3.8) is 0 Å². The Morgan fingerprint density at radius 1 is 1.15 bits per heavy atom. The van der Waals surface area contributed by atoms with Gasteiger partial charge in [0, 0.05) is 18.5 Å². The summed E-state index contributed by atoms with van der Waals surface area (Å²) in [7, 11) is 0. The minimum atomic E-state index is -4.20. The van der Waals surface area contributed by atoms with Gasteiger partial charge in [-0.3, -0.25) is 0 Å². The van der Waals surface area contributed by atoms with Crippen molar-refractivity contribution >= 4 is 22.9 Å². The third kappa shape index (κ3) is 4.92. The first-order chi connectivity index (χ1) is 9.22. The Hall–Kier alpha value is -1.44. The van der Waals surface area contributed by atoms with Crippen LogP contribution in [0.15, 0.2) is 12.1 Å². The van der Waals surface area contributed by atoms with Gasteiger partial charge < -0.3 is 11.1 Å². The highest BCUT2D eigenvalue weighted by molar-refractivity contribution is 7.80. The molecule has 1 aromatic carbocycles. The highest BCUT2D eigenvalue weighted by Gasteiger charge is 2.25. The SMILES string of the molecule is NC(=S)c1ccc(NCCCCC(F)(F)F)c(F)c1F. The van der Waals surface area contributed by atoms with Gasteiger partial charge in [0.05, 0.1) is 5.69 Å². The summed E-state index contributed by atoms with van der Waals surface area (Å²) in [5, 5.41) is 2.54. The van der Waals surface area contributed by atoms with E-state index in [1.807, 2.05) is 0 Å². The molecule has 1 aromatic rings. The van der Waals surface area contributed by atoms with Crippen molar-refractivity contribution in [1.82, 2.24) is 0 Å². The van der Waals surface area contributed by atoms with Crippen LogP contribution in [0.5, 0.6) is 0 Å². The number of alkyl halides is 3. The lowest BCUT2D eigenvalue weighted by molar-refractivity contribution is -0.135. The lowest BCUT2D eigenvalue weighted by Crippen LogP contribution is -2.14. The minimum Gasteiger partial charge on any atom is -0.389 e. The standard InChI is InChI=1S/C12H13F5N2S/c13-9-7(11(18)20)3-4-8(10(9)14)19-6-2-1-5-12(15,16)17/h3-4,19H,1-2,5-6H2,(H2,18,20). The van der Waals surface area contributed by atoms with Crippen LogP contribution in [0.2, 0.25) is 0 Å². The molecule has 0 spiro atoms. The fourth-order valence-electron chi connectivity index (χ4n) is 1.55. The molecular formula is C12H13F5N2S. The summed E-state index contributed by atoms with van der Waals surface area (Å²) in [4.78, 5) is -0.266. The van der Waals surface area contributed by atoms with E-state index in [1.54, 1.807) is 0 Å². The Balaban J connectivity index is 2.53. The molecule has 0 aliphatic rings. The molecule has 3 N–H and O–H groups in total. The number of hydrogen-bond acceptors (Lipinski definition) is 2. The van der Waals surface area contributed by atoms with Crippen LogP contribution in [0.25, 0.3) is 0 Å². The second-order valence-corrected chi connectivity index (χ2v) is 4.59. The zero-order chi connectivity index (χ0) is 15.3. The minimum absolute atomic E-state index is 0.0778. The summed E-state index contributed by atoms with van der Waals surface area (Å²) in [5.74, 6) is -2.32. The van der Waals surface area contributed by atoms with E-state index in [2.05, 4.69) is 17.5 Å². The van der Waals surface area contributed by atoms with Crippen molar-refractivity contribution in [1.29, 1.82) is 0 Å². The topological polar surface area (TPSA) is 38.0 Å². The number of thiocarbonyl (C=S) groups is 1. The number of nitrogens with one attached hydrogen (secondary N) is 1. The molecule has 112 valence electrons. The number of halogens is 5. The van der Waals surface area contributed by atoms with Gasteiger partial charge in [0.1, 0.15) is 4.99 Å². The maximum atomic E-state index is 13.6. The smallest absolute Gasteiger partial charge is 0.389 e. The average Bonchev–Trinajstić information content (AvgIpc) is 2.32. The molecule has 0 atom stereocenters. The molecule has 1 rings (SSSR count). The van der Waals surface area contributed by atoms with Crippen molar-refractivity contribution in [3.8, 4) is 0 Å². The zero-order valence-corrected chi connectivity index (χ0v) is 11.2. The third-order valence-electron chi connectivity index (χ3n) is 2.55. The molecule has 0 saturated heterocycles. The van der Waals surface area contributed by atoms with Crippen LogP contribution >= 0.6 is 12.2 Å². The number of benzene rings is 1. The van der Waals surface area contributed by atoms with Gasteiger partial charge in [-0.05, 0) is 25.0 Å². The van der Waals surface area contributed by atoms with Crippen LogP contribution < -0.4 is 11.1 Å². The van der Waals surface area contributed by atoms with Gasteiger partial charge in [0.25, 0.3) is 0 Å². The first-order valence-electron chi connectivity index (χ1n) is 5.81. The maximum absolute atomic E-state index is 13.6. The first-order valence-corrected chi connectivity index (χ1v) is 6.21. The average molecular weight is 312 g/mol. The van der Waals surface area contributed by atoms with Crippen LogP contribution in [0.4, 0.5) is 27.6 Å². The Bertz CT molecular complexity index is 487. The Morgan fingerprint density at radius 3 is 2.35 bits per heavy atom. The number of hydrogen-bond donors (Lipinski definition) is 2. The number of nitrogens with two attached hydrogens (primary N) is 1. The highest BCUT2D eigenvalue weighted by atomic mass is 32.1. The van der Waals surface area contributed by atoms with Gasteiger partial charge in [-0.15, -0.1) is 0 Å². The Morgan fingerprint density at radius 2 is 1.80 bits per heavy atom. The quantitative estimate of drug-likeness (QED) is 0.477. The largest absolute Gasteiger partial charge is 0.389 e. The molecular weight excluding hydrogens is 299 g/mol. The van der Waals surface area contributed by atoms with E-state index in [0.29, 0.717) is 0 Å². The first kappa shape index (κ1) is 16.6. The van der Waals surface area contributed by atoms with Crippen molar-refractivity contribution in [2.24, 2.45) is 5.73 Å². The fraction of sp³-hybridized carbons (Fsp3) is 0.417. The van der Waals surface area contributed by atoms with Gasteiger partial charge >= 0.3 is 6.18 Å². The summed E-state index contributed by atoms with van der Waals surface area (Å²) >= 11 is 4.55. The van der Waals surface area contributed by atoms with E-state index in [4.69, 9.17) is 5.73 Å². The van der Waals surface area contributed by atoms with Crippen LogP contribution in [-0.2, 0) is 0 Å². The summed E-state index contributed by atoms with van der Waals surface area (Å²) in [5.41, 5.74) is 4.87. The normalized spacial score (nSPS) is 11.4. The molecule has 8 heteroatoms. The van der Waals surface area contributed by atoms with E-state index in [0.717, 1.165) is 0 Å². The second-order valence-electron chi connectivity index (χ2n) is 4.15.